The molecule has 45 heavy (non-hydrogen) atoms. The molecule has 0 aliphatic carbocycles. The number of para-hydroxylation sites is 1. The minimum atomic E-state index is -0.409. The van der Waals surface area contributed by atoms with E-state index < -0.39 is 5.91 Å². The van der Waals surface area contributed by atoms with Crippen LogP contribution in [0.4, 0.5) is 5.69 Å². The molecule has 1 heterocycles. The molecular formula is C36H36N4O4S. The van der Waals surface area contributed by atoms with Crippen LogP contribution in [0.5, 0.6) is 11.5 Å². The number of nitrogens with zero attached hydrogens (tertiary/aromatic N) is 2. The number of methoxy groups -OCH3 is 2. The average molecular weight is 621 g/mol. The van der Waals surface area contributed by atoms with Gasteiger partial charge in [0, 0.05) is 32.3 Å². The largest absolute Gasteiger partial charge is 0.493 e. The molecule has 2 amide bonds. The molecule has 1 aliphatic heterocycles. The topological polar surface area (TPSA) is 83.1 Å². The summed E-state index contributed by atoms with van der Waals surface area (Å²) in [5.74, 6) is 0.667. The number of rotatable bonds is 9. The van der Waals surface area contributed by atoms with Gasteiger partial charge in [0.2, 0.25) is 5.91 Å². The van der Waals surface area contributed by atoms with E-state index in [1.54, 1.807) is 44.6 Å². The number of carbonyl (C=O) groups is 2. The third-order valence-electron chi connectivity index (χ3n) is 7.67. The minimum Gasteiger partial charge on any atom is -0.493 e. The number of hydrogen-bond acceptors (Lipinski definition) is 6. The van der Waals surface area contributed by atoms with Crippen molar-refractivity contribution in [3.63, 3.8) is 0 Å². The highest BCUT2D eigenvalue weighted by Gasteiger charge is 2.29. The van der Waals surface area contributed by atoms with Crippen molar-refractivity contribution in [3.8, 4) is 11.5 Å². The lowest BCUT2D eigenvalue weighted by molar-refractivity contribution is -0.115. The number of amides is 2. The quantitative estimate of drug-likeness (QED) is 0.181. The monoisotopic (exact) mass is 620 g/mol. The summed E-state index contributed by atoms with van der Waals surface area (Å²) in [6, 6.07) is 33.6. The maximum atomic E-state index is 13.7. The predicted molar refractivity (Wildman–Crippen MR) is 182 cm³/mol. The van der Waals surface area contributed by atoms with Crippen LogP contribution in [0.1, 0.15) is 33.1 Å². The molecule has 0 unspecified atom stereocenters. The van der Waals surface area contributed by atoms with Gasteiger partial charge >= 0.3 is 0 Å². The molecule has 5 rings (SSSR count). The molecule has 9 heteroatoms. The lowest BCUT2D eigenvalue weighted by Crippen LogP contribution is -2.50. The standard InChI is InChI=1S/C36H36N4O4S/c1-43-31-19-17-26(25-32(31)44-2)18-20-33(41)38-36(45)37-30-16-10-9-15-29(30)35(42)40-23-21-39(22-24-40)34(27-11-5-3-6-12-27)28-13-7-4-8-14-28/h3-20,25,34H,21-24H2,1-2H3,(H2,37,38,41,45). The van der Waals surface area contributed by atoms with Crippen molar-refractivity contribution in [2.45, 2.75) is 6.04 Å². The van der Waals surface area contributed by atoms with Gasteiger partial charge in [0.1, 0.15) is 0 Å². The SMILES string of the molecule is COc1ccc(C=CC(=O)NC(=S)Nc2ccccc2C(=O)N2CCN(C(c3ccccc3)c3ccccc3)CC2)cc1OC. The molecule has 4 aromatic carbocycles. The van der Waals surface area contributed by atoms with E-state index in [1.165, 1.54) is 17.2 Å². The van der Waals surface area contributed by atoms with Crippen LogP contribution < -0.4 is 20.1 Å². The summed E-state index contributed by atoms with van der Waals surface area (Å²) in [7, 11) is 3.12. The molecule has 0 bridgehead atoms. The van der Waals surface area contributed by atoms with Crippen LogP contribution in [0.3, 0.4) is 0 Å². The van der Waals surface area contributed by atoms with Crippen LogP contribution in [-0.4, -0.2) is 67.1 Å². The van der Waals surface area contributed by atoms with Crippen molar-refractivity contribution >= 4 is 40.9 Å². The van der Waals surface area contributed by atoms with Crippen molar-refractivity contribution < 1.29 is 19.1 Å². The third kappa shape index (κ3) is 7.94. The number of hydrogen-bond donors (Lipinski definition) is 2. The first-order chi connectivity index (χ1) is 22.0. The summed E-state index contributed by atoms with van der Waals surface area (Å²) in [6.45, 7) is 2.64. The van der Waals surface area contributed by atoms with E-state index in [1.807, 2.05) is 35.2 Å². The molecule has 0 saturated carbocycles. The predicted octanol–water partition coefficient (Wildman–Crippen LogP) is 5.78. The van der Waals surface area contributed by atoms with Crippen molar-refractivity contribution in [3.05, 3.63) is 131 Å². The molecule has 0 radical (unpaired) electrons. The Bertz CT molecular complexity index is 1610. The number of benzene rings is 4. The van der Waals surface area contributed by atoms with Gasteiger partial charge in [-0.1, -0.05) is 78.9 Å². The van der Waals surface area contributed by atoms with Crippen molar-refractivity contribution in [2.75, 3.05) is 45.7 Å². The zero-order valence-corrected chi connectivity index (χ0v) is 26.1. The molecule has 0 aromatic heterocycles. The molecular weight excluding hydrogens is 584 g/mol. The van der Waals surface area contributed by atoms with E-state index in [0.29, 0.717) is 35.8 Å². The average Bonchev–Trinajstić information content (AvgIpc) is 3.08. The second-order valence-corrected chi connectivity index (χ2v) is 10.9. The van der Waals surface area contributed by atoms with Gasteiger partial charge in [-0.3, -0.25) is 19.8 Å². The Morgan fingerprint density at radius 3 is 2.00 bits per heavy atom. The van der Waals surface area contributed by atoms with Crippen molar-refractivity contribution in [1.29, 1.82) is 0 Å². The molecule has 0 spiro atoms. The first-order valence-corrected chi connectivity index (χ1v) is 15.1. The molecule has 1 fully saturated rings. The Hall–Kier alpha value is -4.99. The van der Waals surface area contributed by atoms with Gasteiger partial charge in [0.05, 0.1) is 31.5 Å². The number of nitrogens with one attached hydrogen (secondary N) is 2. The van der Waals surface area contributed by atoms with E-state index in [2.05, 4.69) is 64.1 Å². The van der Waals surface area contributed by atoms with Crippen LogP contribution in [0.25, 0.3) is 6.08 Å². The van der Waals surface area contributed by atoms with Crippen LogP contribution >= 0.6 is 12.2 Å². The van der Waals surface area contributed by atoms with Gasteiger partial charge in [-0.25, -0.2) is 0 Å². The number of thiocarbonyl (C=S) groups is 1. The minimum absolute atomic E-state index is 0.0869. The first kappa shape index (κ1) is 31.4. The highest BCUT2D eigenvalue weighted by molar-refractivity contribution is 7.80. The lowest BCUT2D eigenvalue weighted by Gasteiger charge is -2.40. The van der Waals surface area contributed by atoms with E-state index in [4.69, 9.17) is 21.7 Å². The molecule has 1 saturated heterocycles. The van der Waals surface area contributed by atoms with Gasteiger partial charge in [0.25, 0.3) is 5.91 Å². The highest BCUT2D eigenvalue weighted by atomic mass is 32.1. The van der Waals surface area contributed by atoms with Crippen molar-refractivity contribution in [1.82, 2.24) is 15.1 Å². The smallest absolute Gasteiger partial charge is 0.256 e. The number of anilines is 1. The molecule has 8 nitrogen and oxygen atoms in total. The highest BCUT2D eigenvalue weighted by Crippen LogP contribution is 2.30. The fraction of sp³-hybridized carbons (Fsp3) is 0.194. The Kier molecular flexibility index (Phi) is 10.6. The Morgan fingerprint density at radius 1 is 0.778 bits per heavy atom. The summed E-state index contributed by atoms with van der Waals surface area (Å²) in [4.78, 5) is 30.6. The second-order valence-electron chi connectivity index (χ2n) is 10.5. The zero-order chi connectivity index (χ0) is 31.6. The maximum absolute atomic E-state index is 13.7. The van der Waals surface area contributed by atoms with Gasteiger partial charge in [0.15, 0.2) is 16.6 Å². The summed E-state index contributed by atoms with van der Waals surface area (Å²) < 4.78 is 10.6. The summed E-state index contributed by atoms with van der Waals surface area (Å²) >= 11 is 5.41. The zero-order valence-electron chi connectivity index (χ0n) is 25.3. The summed E-state index contributed by atoms with van der Waals surface area (Å²) in [5.41, 5.74) is 4.24. The van der Waals surface area contributed by atoms with Crippen LogP contribution in [0, 0.1) is 0 Å². The van der Waals surface area contributed by atoms with Crippen LogP contribution in [0.2, 0.25) is 0 Å². The normalized spacial score (nSPS) is 13.4. The number of piperazine rings is 1. The number of ether oxygens (including phenoxy) is 2. The summed E-state index contributed by atoms with van der Waals surface area (Å²) in [6.07, 6.45) is 3.03. The molecule has 4 aromatic rings. The fourth-order valence-electron chi connectivity index (χ4n) is 5.45. The number of carbonyl (C=O) groups excluding carboxylic acids is 2. The molecule has 0 atom stereocenters. The summed E-state index contributed by atoms with van der Waals surface area (Å²) in [5, 5.41) is 5.78. The van der Waals surface area contributed by atoms with Gasteiger partial charge in [-0.15, -0.1) is 0 Å². The maximum Gasteiger partial charge on any atom is 0.256 e. The second kappa shape index (κ2) is 15.1. The van der Waals surface area contributed by atoms with E-state index in [0.717, 1.165) is 18.7 Å². The Morgan fingerprint density at radius 2 is 1.38 bits per heavy atom. The first-order valence-electron chi connectivity index (χ1n) is 14.7. The van der Waals surface area contributed by atoms with Gasteiger partial charge < -0.3 is 19.7 Å². The van der Waals surface area contributed by atoms with E-state index in [-0.39, 0.29) is 17.1 Å². The molecule has 230 valence electrons. The fourth-order valence-corrected chi connectivity index (χ4v) is 5.66. The molecule has 1 aliphatic rings. The van der Waals surface area contributed by atoms with Gasteiger partial charge in [-0.05, 0) is 59.2 Å². The van der Waals surface area contributed by atoms with Crippen LogP contribution in [0.15, 0.2) is 109 Å². The van der Waals surface area contributed by atoms with Crippen LogP contribution in [-0.2, 0) is 4.79 Å². The Balaban J connectivity index is 1.20. The van der Waals surface area contributed by atoms with E-state index >= 15 is 0 Å². The Labute approximate surface area is 269 Å². The van der Waals surface area contributed by atoms with Gasteiger partial charge in [-0.2, -0.15) is 0 Å². The van der Waals surface area contributed by atoms with Crippen molar-refractivity contribution in [2.24, 2.45) is 0 Å². The third-order valence-corrected chi connectivity index (χ3v) is 7.88. The molecule has 2 N–H and O–H groups in total. The van der Waals surface area contributed by atoms with E-state index in [9.17, 15) is 9.59 Å². The lowest BCUT2D eigenvalue weighted by atomic mass is 9.96.